The number of fused-ring (bicyclic) bond motifs is 4. The zero-order chi connectivity index (χ0) is 13.9. The third-order valence-corrected chi connectivity index (χ3v) is 4.07. The number of aromatic nitrogens is 1. The van der Waals surface area contributed by atoms with Crippen LogP contribution >= 0.6 is 15.9 Å². The van der Waals surface area contributed by atoms with Gasteiger partial charge in [-0.2, -0.15) is 0 Å². The molecule has 0 N–H and O–H groups in total. The van der Waals surface area contributed by atoms with Crippen LogP contribution < -0.4 is 5.43 Å². The van der Waals surface area contributed by atoms with Gasteiger partial charge in [0.1, 0.15) is 5.58 Å². The fourth-order valence-corrected chi connectivity index (χ4v) is 3.00. The number of rotatable bonds is 0. The van der Waals surface area contributed by atoms with Gasteiger partial charge in [0.05, 0.1) is 10.8 Å². The lowest BCUT2D eigenvalue weighted by Gasteiger charge is -2.02. The maximum Gasteiger partial charge on any atom is 0.216 e. The Kier molecular flexibility index (Phi) is 2.32. The molecule has 0 aliphatic rings. The van der Waals surface area contributed by atoms with E-state index >= 15 is 0 Å². The first-order chi connectivity index (χ1) is 9.65. The molecular weight excluding hydrogens is 318 g/mol. The first kappa shape index (κ1) is 11.7. The maximum atomic E-state index is 12.6. The molecule has 0 atom stereocenters. The van der Waals surface area contributed by atoms with Gasteiger partial charge in [-0.25, -0.2) is 0 Å². The van der Waals surface area contributed by atoms with Crippen LogP contribution in [-0.4, -0.2) is 4.40 Å². The van der Waals surface area contributed by atoms with E-state index in [0.717, 1.165) is 15.7 Å². The zero-order valence-corrected chi connectivity index (χ0v) is 12.3. The molecule has 1 aromatic carbocycles. The highest BCUT2D eigenvalue weighted by Gasteiger charge is 2.13. The fraction of sp³-hybridized carbons (Fsp3) is 0.0625. The minimum Gasteiger partial charge on any atom is -0.439 e. The average molecular weight is 328 g/mol. The summed E-state index contributed by atoms with van der Waals surface area (Å²) in [5.41, 5.74) is 3.23. The summed E-state index contributed by atoms with van der Waals surface area (Å²) in [7, 11) is 0. The molecule has 0 bridgehead atoms. The van der Waals surface area contributed by atoms with Gasteiger partial charge < -0.3 is 4.42 Å². The highest BCUT2D eigenvalue weighted by Crippen LogP contribution is 2.25. The van der Waals surface area contributed by atoms with Crippen LogP contribution in [0.4, 0.5) is 0 Å². The van der Waals surface area contributed by atoms with E-state index in [2.05, 4.69) is 15.9 Å². The molecule has 3 nitrogen and oxygen atoms in total. The Hall–Kier alpha value is -2.07. The summed E-state index contributed by atoms with van der Waals surface area (Å²) >= 11 is 3.39. The van der Waals surface area contributed by atoms with Crippen LogP contribution in [-0.2, 0) is 0 Å². The minimum absolute atomic E-state index is 0.00523. The summed E-state index contributed by atoms with van der Waals surface area (Å²) in [6, 6.07) is 13.3. The standard InChI is InChI=1S/C16H10BrNO2/c1-9-3-2-4-11-8-13-15(19)12-7-10(17)5-6-14(12)20-16(13)18(9)11/h2-8H,1H3. The molecule has 0 unspecified atom stereocenters. The highest BCUT2D eigenvalue weighted by molar-refractivity contribution is 9.10. The number of halogens is 1. The molecule has 3 aromatic heterocycles. The van der Waals surface area contributed by atoms with E-state index in [9.17, 15) is 4.79 Å². The van der Waals surface area contributed by atoms with Gasteiger partial charge in [-0.05, 0) is 43.3 Å². The zero-order valence-electron chi connectivity index (χ0n) is 10.7. The van der Waals surface area contributed by atoms with E-state index in [1.54, 1.807) is 6.07 Å². The molecule has 0 saturated heterocycles. The lowest BCUT2D eigenvalue weighted by atomic mass is 10.2. The van der Waals surface area contributed by atoms with Crippen LogP contribution in [0, 0.1) is 6.92 Å². The van der Waals surface area contributed by atoms with E-state index < -0.39 is 0 Å². The summed E-state index contributed by atoms with van der Waals surface area (Å²) in [4.78, 5) is 12.6. The van der Waals surface area contributed by atoms with Crippen molar-refractivity contribution in [3.63, 3.8) is 0 Å². The molecule has 3 heterocycles. The van der Waals surface area contributed by atoms with Gasteiger partial charge in [0.15, 0.2) is 0 Å². The van der Waals surface area contributed by atoms with Crippen molar-refractivity contribution in [3.8, 4) is 0 Å². The Morgan fingerprint density at radius 2 is 1.95 bits per heavy atom. The number of pyridine rings is 1. The Morgan fingerprint density at radius 1 is 1.10 bits per heavy atom. The molecule has 4 heteroatoms. The Bertz CT molecular complexity index is 1040. The van der Waals surface area contributed by atoms with Crippen molar-refractivity contribution in [1.82, 2.24) is 4.40 Å². The predicted octanol–water partition coefficient (Wildman–Crippen LogP) is 4.27. The molecule has 0 saturated carbocycles. The summed E-state index contributed by atoms with van der Waals surface area (Å²) in [5, 5.41) is 1.21. The minimum atomic E-state index is 0.00523. The fourth-order valence-electron chi connectivity index (χ4n) is 2.64. The number of hydrogen-bond donors (Lipinski definition) is 0. The normalized spacial score (nSPS) is 11.7. The number of hydrogen-bond acceptors (Lipinski definition) is 2. The van der Waals surface area contributed by atoms with Crippen LogP contribution in [0.25, 0.3) is 27.6 Å². The first-order valence-electron chi connectivity index (χ1n) is 6.28. The van der Waals surface area contributed by atoms with Crippen LogP contribution in [0.15, 0.2) is 56.1 Å². The SMILES string of the molecule is Cc1cccc2cc3c(=O)c4cc(Br)ccc4oc3n12. The maximum absolute atomic E-state index is 12.6. The van der Waals surface area contributed by atoms with E-state index in [-0.39, 0.29) is 5.43 Å². The summed E-state index contributed by atoms with van der Waals surface area (Å²) < 4.78 is 8.80. The lowest BCUT2D eigenvalue weighted by Crippen LogP contribution is -2.01. The number of nitrogens with zero attached hydrogens (tertiary/aromatic N) is 1. The van der Waals surface area contributed by atoms with Crippen molar-refractivity contribution in [2.75, 3.05) is 0 Å². The topological polar surface area (TPSA) is 34.6 Å². The average Bonchev–Trinajstić information content (AvgIpc) is 2.80. The first-order valence-corrected chi connectivity index (χ1v) is 7.07. The molecule has 4 rings (SSSR count). The summed E-state index contributed by atoms with van der Waals surface area (Å²) in [6.07, 6.45) is 0. The molecule has 0 amide bonds. The van der Waals surface area contributed by atoms with E-state index in [4.69, 9.17) is 4.42 Å². The molecule has 0 radical (unpaired) electrons. The quantitative estimate of drug-likeness (QED) is 0.483. The molecule has 0 aliphatic carbocycles. The van der Waals surface area contributed by atoms with Gasteiger partial charge in [-0.3, -0.25) is 9.20 Å². The Labute approximate surface area is 122 Å². The van der Waals surface area contributed by atoms with Gasteiger partial charge >= 0.3 is 0 Å². The number of aryl methyl sites for hydroxylation is 1. The second-order valence-electron chi connectivity index (χ2n) is 4.86. The molecular formula is C16H10BrNO2. The third-order valence-electron chi connectivity index (χ3n) is 3.58. The van der Waals surface area contributed by atoms with Crippen LogP contribution in [0.2, 0.25) is 0 Å². The van der Waals surface area contributed by atoms with E-state index in [0.29, 0.717) is 22.1 Å². The van der Waals surface area contributed by atoms with Crippen LogP contribution in [0.5, 0.6) is 0 Å². The van der Waals surface area contributed by atoms with Crippen molar-refractivity contribution in [2.45, 2.75) is 6.92 Å². The Morgan fingerprint density at radius 3 is 2.80 bits per heavy atom. The van der Waals surface area contributed by atoms with Gasteiger partial charge in [0.25, 0.3) is 0 Å². The van der Waals surface area contributed by atoms with Crippen molar-refractivity contribution in [3.05, 3.63) is 62.9 Å². The van der Waals surface area contributed by atoms with Crippen molar-refractivity contribution < 1.29 is 4.42 Å². The van der Waals surface area contributed by atoms with Gasteiger partial charge in [0.2, 0.25) is 11.1 Å². The Balaban J connectivity index is 2.34. The van der Waals surface area contributed by atoms with E-state index in [1.807, 2.05) is 47.7 Å². The van der Waals surface area contributed by atoms with Crippen molar-refractivity contribution in [2.24, 2.45) is 0 Å². The van der Waals surface area contributed by atoms with Crippen LogP contribution in [0.3, 0.4) is 0 Å². The number of benzene rings is 1. The molecule has 0 aliphatic heterocycles. The second-order valence-corrected chi connectivity index (χ2v) is 5.78. The van der Waals surface area contributed by atoms with Gasteiger partial charge in [0, 0.05) is 15.7 Å². The molecule has 20 heavy (non-hydrogen) atoms. The summed E-state index contributed by atoms with van der Waals surface area (Å²) in [6.45, 7) is 2.00. The lowest BCUT2D eigenvalue weighted by molar-refractivity contribution is 0.638. The molecule has 0 fully saturated rings. The third kappa shape index (κ3) is 1.48. The molecule has 4 aromatic rings. The second kappa shape index (κ2) is 3.96. The predicted molar refractivity (Wildman–Crippen MR) is 83.4 cm³/mol. The summed E-state index contributed by atoms with van der Waals surface area (Å²) in [5.74, 6) is 0. The van der Waals surface area contributed by atoms with Crippen LogP contribution in [0.1, 0.15) is 5.69 Å². The van der Waals surface area contributed by atoms with Gasteiger partial charge in [-0.15, -0.1) is 0 Å². The van der Waals surface area contributed by atoms with E-state index in [1.165, 1.54) is 0 Å². The smallest absolute Gasteiger partial charge is 0.216 e. The van der Waals surface area contributed by atoms with Crippen molar-refractivity contribution in [1.29, 1.82) is 0 Å². The molecule has 98 valence electrons. The van der Waals surface area contributed by atoms with Crippen molar-refractivity contribution >= 4 is 43.5 Å². The largest absolute Gasteiger partial charge is 0.439 e. The monoisotopic (exact) mass is 327 g/mol. The van der Waals surface area contributed by atoms with Gasteiger partial charge in [-0.1, -0.05) is 22.0 Å². The molecule has 0 spiro atoms. The highest BCUT2D eigenvalue weighted by atomic mass is 79.9.